The molecule has 7 heteroatoms. The van der Waals surface area contributed by atoms with Gasteiger partial charge in [0.05, 0.1) is 25.0 Å². The number of para-hydroxylation sites is 1. The quantitative estimate of drug-likeness (QED) is 0.765. The highest BCUT2D eigenvalue weighted by atomic mass is 16.5. The standard InChI is InChI=1S/C18H20N4O3/c1-13-15(6-9-24-13)17-20-21-18(25-17)19-12-14-4-2-3-5-16(14)22-7-10-23-11-8-22/h2-6,9H,7-8,10-12H2,1H3,(H,19,21). The second-order valence-corrected chi connectivity index (χ2v) is 5.88. The molecule has 0 amide bonds. The van der Waals surface area contributed by atoms with Gasteiger partial charge in [0.1, 0.15) is 5.76 Å². The Labute approximate surface area is 145 Å². The van der Waals surface area contributed by atoms with Crippen molar-refractivity contribution in [1.82, 2.24) is 10.2 Å². The summed E-state index contributed by atoms with van der Waals surface area (Å²) in [5.74, 6) is 1.21. The molecule has 1 N–H and O–H groups in total. The molecule has 1 aliphatic rings. The first kappa shape index (κ1) is 15.7. The van der Waals surface area contributed by atoms with Gasteiger partial charge in [0.15, 0.2) is 0 Å². The molecule has 25 heavy (non-hydrogen) atoms. The summed E-state index contributed by atoms with van der Waals surface area (Å²) < 4.78 is 16.4. The highest BCUT2D eigenvalue weighted by molar-refractivity contribution is 5.56. The first-order valence-corrected chi connectivity index (χ1v) is 8.34. The van der Waals surface area contributed by atoms with Crippen molar-refractivity contribution in [3.8, 4) is 11.5 Å². The Morgan fingerprint density at radius 1 is 1.12 bits per heavy atom. The minimum Gasteiger partial charge on any atom is -0.469 e. The molecule has 0 atom stereocenters. The Bertz CT molecular complexity index is 836. The van der Waals surface area contributed by atoms with Gasteiger partial charge in [-0.2, -0.15) is 0 Å². The van der Waals surface area contributed by atoms with E-state index in [1.54, 1.807) is 6.26 Å². The lowest BCUT2D eigenvalue weighted by atomic mass is 10.1. The summed E-state index contributed by atoms with van der Waals surface area (Å²) in [7, 11) is 0. The number of hydrogen-bond acceptors (Lipinski definition) is 7. The number of aryl methyl sites for hydroxylation is 1. The number of furan rings is 1. The van der Waals surface area contributed by atoms with Gasteiger partial charge < -0.3 is 23.8 Å². The van der Waals surface area contributed by atoms with Crippen molar-refractivity contribution in [3.05, 3.63) is 47.9 Å². The number of morpholine rings is 1. The molecule has 0 spiro atoms. The lowest BCUT2D eigenvalue weighted by molar-refractivity contribution is 0.122. The average Bonchev–Trinajstić information content (AvgIpc) is 3.29. The van der Waals surface area contributed by atoms with E-state index in [1.807, 2.05) is 19.1 Å². The van der Waals surface area contributed by atoms with Crippen LogP contribution >= 0.6 is 0 Å². The molecule has 0 radical (unpaired) electrons. The van der Waals surface area contributed by atoms with Crippen LogP contribution in [0.15, 0.2) is 45.4 Å². The van der Waals surface area contributed by atoms with E-state index in [0.29, 0.717) is 18.5 Å². The molecule has 0 saturated carbocycles. The normalized spacial score (nSPS) is 14.7. The van der Waals surface area contributed by atoms with Gasteiger partial charge in [-0.3, -0.25) is 0 Å². The van der Waals surface area contributed by atoms with E-state index in [1.165, 1.54) is 11.3 Å². The van der Waals surface area contributed by atoms with Crippen molar-refractivity contribution < 1.29 is 13.6 Å². The number of ether oxygens (including phenoxy) is 1. The van der Waals surface area contributed by atoms with Gasteiger partial charge in [-0.05, 0) is 24.6 Å². The van der Waals surface area contributed by atoms with Crippen LogP contribution in [0.25, 0.3) is 11.5 Å². The van der Waals surface area contributed by atoms with Crippen LogP contribution in [0, 0.1) is 6.92 Å². The van der Waals surface area contributed by atoms with Crippen LogP contribution in [0.1, 0.15) is 11.3 Å². The van der Waals surface area contributed by atoms with Crippen LogP contribution in [0.3, 0.4) is 0 Å². The number of hydrogen-bond donors (Lipinski definition) is 1. The molecular formula is C18H20N4O3. The zero-order valence-electron chi connectivity index (χ0n) is 14.1. The first-order valence-electron chi connectivity index (χ1n) is 8.34. The monoisotopic (exact) mass is 340 g/mol. The Balaban J connectivity index is 1.47. The number of anilines is 2. The number of nitrogens with one attached hydrogen (secondary N) is 1. The molecule has 1 saturated heterocycles. The van der Waals surface area contributed by atoms with Gasteiger partial charge in [0.25, 0.3) is 5.89 Å². The number of rotatable bonds is 5. The molecule has 4 rings (SSSR count). The topological polar surface area (TPSA) is 76.6 Å². The van der Waals surface area contributed by atoms with Crippen molar-refractivity contribution in [2.75, 3.05) is 36.5 Å². The fourth-order valence-corrected chi connectivity index (χ4v) is 2.95. The summed E-state index contributed by atoms with van der Waals surface area (Å²) >= 11 is 0. The summed E-state index contributed by atoms with van der Waals surface area (Å²) in [5.41, 5.74) is 3.21. The molecule has 3 aromatic rings. The van der Waals surface area contributed by atoms with E-state index >= 15 is 0 Å². The molecule has 1 aromatic carbocycles. The van der Waals surface area contributed by atoms with Crippen LogP contribution in [0.4, 0.5) is 11.7 Å². The predicted octanol–water partition coefficient (Wildman–Crippen LogP) is 3.09. The van der Waals surface area contributed by atoms with E-state index < -0.39 is 0 Å². The molecule has 0 aliphatic carbocycles. The Morgan fingerprint density at radius 3 is 2.76 bits per heavy atom. The van der Waals surface area contributed by atoms with Crippen LogP contribution in [0.5, 0.6) is 0 Å². The zero-order chi connectivity index (χ0) is 17.1. The summed E-state index contributed by atoms with van der Waals surface area (Å²) in [6, 6.07) is 10.6. The Morgan fingerprint density at radius 2 is 1.96 bits per heavy atom. The first-order chi connectivity index (χ1) is 12.3. The fourth-order valence-electron chi connectivity index (χ4n) is 2.95. The number of nitrogens with zero attached hydrogens (tertiary/aromatic N) is 3. The van der Waals surface area contributed by atoms with Crippen LogP contribution < -0.4 is 10.2 Å². The van der Waals surface area contributed by atoms with Crippen molar-refractivity contribution in [3.63, 3.8) is 0 Å². The second kappa shape index (κ2) is 6.98. The maximum absolute atomic E-state index is 5.69. The third-order valence-electron chi connectivity index (χ3n) is 4.29. The molecule has 1 fully saturated rings. The molecule has 0 bridgehead atoms. The maximum atomic E-state index is 5.69. The predicted molar refractivity (Wildman–Crippen MR) is 93.5 cm³/mol. The van der Waals surface area contributed by atoms with Crippen LogP contribution in [-0.2, 0) is 11.3 Å². The summed E-state index contributed by atoms with van der Waals surface area (Å²) in [6.07, 6.45) is 1.61. The number of aromatic nitrogens is 2. The van der Waals surface area contributed by atoms with Gasteiger partial charge >= 0.3 is 6.01 Å². The van der Waals surface area contributed by atoms with Crippen molar-refractivity contribution in [2.45, 2.75) is 13.5 Å². The van der Waals surface area contributed by atoms with Gasteiger partial charge in [0, 0.05) is 25.3 Å². The largest absolute Gasteiger partial charge is 0.469 e. The summed E-state index contributed by atoms with van der Waals surface area (Å²) in [4.78, 5) is 2.34. The smallest absolute Gasteiger partial charge is 0.316 e. The molecule has 130 valence electrons. The van der Waals surface area contributed by atoms with Crippen LogP contribution in [-0.4, -0.2) is 36.5 Å². The van der Waals surface area contributed by atoms with E-state index in [2.05, 4.69) is 38.6 Å². The lowest BCUT2D eigenvalue weighted by Gasteiger charge is -2.30. The average molecular weight is 340 g/mol. The highest BCUT2D eigenvalue weighted by Gasteiger charge is 2.16. The molecule has 7 nitrogen and oxygen atoms in total. The molecule has 0 unspecified atom stereocenters. The Kier molecular flexibility index (Phi) is 4.39. The molecule has 1 aliphatic heterocycles. The zero-order valence-corrected chi connectivity index (χ0v) is 14.1. The lowest BCUT2D eigenvalue weighted by Crippen LogP contribution is -2.36. The van der Waals surface area contributed by atoms with Gasteiger partial charge in [0.2, 0.25) is 0 Å². The van der Waals surface area contributed by atoms with Crippen molar-refractivity contribution in [2.24, 2.45) is 0 Å². The van der Waals surface area contributed by atoms with E-state index in [0.717, 1.165) is 37.6 Å². The van der Waals surface area contributed by atoms with Gasteiger partial charge in [-0.1, -0.05) is 23.3 Å². The molecular weight excluding hydrogens is 320 g/mol. The molecule has 2 aromatic heterocycles. The van der Waals surface area contributed by atoms with Crippen molar-refractivity contribution in [1.29, 1.82) is 0 Å². The molecule has 3 heterocycles. The summed E-state index contributed by atoms with van der Waals surface area (Å²) in [5, 5.41) is 11.4. The van der Waals surface area contributed by atoms with Crippen molar-refractivity contribution >= 4 is 11.7 Å². The maximum Gasteiger partial charge on any atom is 0.316 e. The van der Waals surface area contributed by atoms with E-state index in [4.69, 9.17) is 13.6 Å². The third-order valence-corrected chi connectivity index (χ3v) is 4.29. The SMILES string of the molecule is Cc1occc1-c1nnc(NCc2ccccc2N2CCOCC2)o1. The minimum absolute atomic E-state index is 0.396. The van der Waals surface area contributed by atoms with Crippen LogP contribution in [0.2, 0.25) is 0 Å². The second-order valence-electron chi connectivity index (χ2n) is 5.88. The fraction of sp³-hybridized carbons (Fsp3) is 0.333. The Hall–Kier alpha value is -2.80. The number of benzene rings is 1. The highest BCUT2D eigenvalue weighted by Crippen LogP contribution is 2.25. The van der Waals surface area contributed by atoms with Gasteiger partial charge in [-0.25, -0.2) is 0 Å². The third kappa shape index (κ3) is 3.36. The van der Waals surface area contributed by atoms with Gasteiger partial charge in [-0.15, -0.1) is 5.10 Å². The van der Waals surface area contributed by atoms with E-state index in [9.17, 15) is 0 Å². The minimum atomic E-state index is 0.396. The summed E-state index contributed by atoms with van der Waals surface area (Å²) in [6.45, 7) is 5.81. The van der Waals surface area contributed by atoms with E-state index in [-0.39, 0.29) is 0 Å².